The summed E-state index contributed by atoms with van der Waals surface area (Å²) in [6.07, 6.45) is 1.32. The van der Waals surface area contributed by atoms with Crippen molar-refractivity contribution in [3.63, 3.8) is 0 Å². The van der Waals surface area contributed by atoms with E-state index in [1.165, 1.54) is 31.9 Å². The van der Waals surface area contributed by atoms with Crippen molar-refractivity contribution in [2.24, 2.45) is 11.8 Å². The smallest absolute Gasteiger partial charge is 0.416 e. The van der Waals surface area contributed by atoms with Crippen LogP contribution in [0.2, 0.25) is 0 Å². The third-order valence-electron chi connectivity index (χ3n) is 10.2. The predicted octanol–water partition coefficient (Wildman–Crippen LogP) is 4.96. The Kier molecular flexibility index (Phi) is 6.36. The number of likely N-dealkylation sites (tertiary alicyclic amines) is 1. The van der Waals surface area contributed by atoms with Crippen LogP contribution in [0.25, 0.3) is 0 Å². The second kappa shape index (κ2) is 9.77. The number of hydrogen-bond acceptors (Lipinski definition) is 5. The van der Waals surface area contributed by atoms with Gasteiger partial charge in [0, 0.05) is 54.6 Å². The molecule has 0 aromatic heterocycles. The molecule has 42 heavy (non-hydrogen) atoms. The van der Waals surface area contributed by atoms with Crippen LogP contribution in [0, 0.1) is 23.7 Å². The van der Waals surface area contributed by atoms with E-state index in [-0.39, 0.29) is 23.5 Å². The molecule has 2 aliphatic heterocycles. The highest BCUT2D eigenvalue weighted by atomic mass is 19.4. The molecule has 2 saturated carbocycles. The first-order valence-corrected chi connectivity index (χ1v) is 14.8. The van der Waals surface area contributed by atoms with Gasteiger partial charge in [-0.1, -0.05) is 5.92 Å². The van der Waals surface area contributed by atoms with Crippen LogP contribution in [0.15, 0.2) is 36.4 Å². The van der Waals surface area contributed by atoms with Crippen molar-refractivity contribution in [2.75, 3.05) is 20.1 Å². The summed E-state index contributed by atoms with van der Waals surface area (Å²) in [5.74, 6) is 7.20. The molecular formula is C33H33F3N2O4. The summed E-state index contributed by atoms with van der Waals surface area (Å²) in [6.45, 7) is 3.49. The number of hydrogen-bond donors (Lipinski definition) is 0. The average Bonchev–Trinajstić information content (AvgIpc) is 3.71. The molecule has 2 aromatic rings. The van der Waals surface area contributed by atoms with Crippen molar-refractivity contribution < 1.29 is 32.2 Å². The zero-order valence-electron chi connectivity index (χ0n) is 23.7. The maximum absolute atomic E-state index is 13.3. The molecule has 1 saturated heterocycles. The maximum atomic E-state index is 13.3. The molecule has 0 N–H and O–H groups in total. The Labute approximate surface area is 243 Å². The molecule has 2 aromatic carbocycles. The lowest BCUT2D eigenvalue weighted by Crippen LogP contribution is -2.69. The largest absolute Gasteiger partial charge is 0.487 e. The van der Waals surface area contributed by atoms with Crippen LogP contribution in [0.4, 0.5) is 13.2 Å². The third kappa shape index (κ3) is 4.38. The van der Waals surface area contributed by atoms with E-state index >= 15 is 0 Å². The van der Waals surface area contributed by atoms with Crippen molar-refractivity contribution in [3.05, 3.63) is 58.7 Å². The average molecular weight is 579 g/mol. The minimum atomic E-state index is -4.43. The molecule has 220 valence electrons. The molecule has 2 bridgehead atoms. The number of ether oxygens (including phenoxy) is 2. The lowest BCUT2D eigenvalue weighted by atomic mass is 9.51. The van der Waals surface area contributed by atoms with Gasteiger partial charge in [-0.15, -0.1) is 0 Å². The van der Waals surface area contributed by atoms with Gasteiger partial charge < -0.3 is 14.4 Å². The highest BCUT2D eigenvalue weighted by molar-refractivity contribution is 5.94. The van der Waals surface area contributed by atoms with Crippen LogP contribution < -0.4 is 9.47 Å². The van der Waals surface area contributed by atoms with Gasteiger partial charge in [0.25, 0.3) is 5.91 Å². The van der Waals surface area contributed by atoms with Crippen LogP contribution in [0.5, 0.6) is 11.5 Å². The van der Waals surface area contributed by atoms with Crippen LogP contribution in [0.1, 0.15) is 61.3 Å². The Balaban J connectivity index is 1.20. The van der Waals surface area contributed by atoms with Gasteiger partial charge >= 0.3 is 12.1 Å². The van der Waals surface area contributed by atoms with Gasteiger partial charge in [0.05, 0.1) is 11.6 Å². The van der Waals surface area contributed by atoms with E-state index in [1.54, 1.807) is 11.9 Å². The Morgan fingerprint density at radius 1 is 1.12 bits per heavy atom. The molecule has 3 fully saturated rings. The number of amides is 1. The lowest BCUT2D eigenvalue weighted by Gasteiger charge is -2.60. The molecule has 3 aliphatic carbocycles. The number of piperidine rings is 1. The monoisotopic (exact) mass is 578 g/mol. The normalized spacial score (nSPS) is 29.1. The van der Waals surface area contributed by atoms with Crippen LogP contribution in [-0.2, 0) is 27.6 Å². The predicted molar refractivity (Wildman–Crippen MR) is 148 cm³/mol. The fourth-order valence-electron chi connectivity index (χ4n) is 8.21. The van der Waals surface area contributed by atoms with Gasteiger partial charge in [-0.05, 0) is 93.3 Å². The second-order valence-electron chi connectivity index (χ2n) is 12.5. The first-order valence-electron chi connectivity index (χ1n) is 14.8. The Morgan fingerprint density at radius 3 is 2.57 bits per heavy atom. The van der Waals surface area contributed by atoms with Crippen molar-refractivity contribution in [2.45, 2.75) is 75.2 Å². The summed E-state index contributed by atoms with van der Waals surface area (Å²) in [4.78, 5) is 29.7. The van der Waals surface area contributed by atoms with Crippen LogP contribution >= 0.6 is 0 Å². The van der Waals surface area contributed by atoms with E-state index < -0.39 is 17.6 Å². The fraction of sp³-hybridized carbons (Fsp3) is 0.515. The summed E-state index contributed by atoms with van der Waals surface area (Å²) in [6, 6.07) is 8.35. The molecule has 6 nitrogen and oxygen atoms in total. The van der Waals surface area contributed by atoms with Gasteiger partial charge in [0.15, 0.2) is 0 Å². The van der Waals surface area contributed by atoms with Crippen molar-refractivity contribution in [1.82, 2.24) is 9.80 Å². The first-order chi connectivity index (χ1) is 20.1. The number of nitrogens with zero attached hydrogens (tertiary/aromatic N) is 2. The first kappa shape index (κ1) is 27.3. The summed E-state index contributed by atoms with van der Waals surface area (Å²) in [5.41, 5.74) is 1.51. The number of carbonyl (C=O) groups is 2. The molecule has 7 rings (SSSR count). The molecule has 1 spiro atoms. The topological polar surface area (TPSA) is 59.1 Å². The summed E-state index contributed by atoms with van der Waals surface area (Å²) < 4.78 is 51.2. The molecule has 5 atom stereocenters. The zero-order chi connectivity index (χ0) is 29.4. The summed E-state index contributed by atoms with van der Waals surface area (Å²) in [5, 5.41) is 0. The van der Waals surface area contributed by atoms with Gasteiger partial charge in [-0.3, -0.25) is 14.5 Å². The Hall–Kier alpha value is -3.51. The Bertz CT molecular complexity index is 1510. The maximum Gasteiger partial charge on any atom is 0.416 e. The molecule has 0 unspecified atom stereocenters. The van der Waals surface area contributed by atoms with E-state index in [0.717, 1.165) is 73.7 Å². The molecule has 0 radical (unpaired) electrons. The third-order valence-corrected chi connectivity index (χ3v) is 10.2. The Morgan fingerprint density at radius 2 is 1.88 bits per heavy atom. The molecule has 9 heteroatoms. The van der Waals surface area contributed by atoms with E-state index in [4.69, 9.17) is 9.47 Å². The van der Waals surface area contributed by atoms with E-state index in [1.807, 2.05) is 12.1 Å². The zero-order valence-corrected chi connectivity index (χ0v) is 23.7. The quantitative estimate of drug-likeness (QED) is 0.292. The molecule has 2 heterocycles. The number of carbonyl (C=O) groups excluding carboxylic acids is 2. The number of rotatable bonds is 4. The SMILES string of the molecule is CC(=O)Oc1ccc2c3c1C[C@@H]1[C@@H]4CC[C@@H](N(C)C(=O)C#Cc5ccc(C(F)(F)F)cc5)[C@H](O2)[C@]34CCN1CC1CC1. The molecule has 1 amide bonds. The number of likely N-dealkylation sites (N-methyl/N-ethyl adjacent to an activating group) is 1. The van der Waals surface area contributed by atoms with Crippen molar-refractivity contribution in [1.29, 1.82) is 0 Å². The number of alkyl halides is 3. The van der Waals surface area contributed by atoms with Crippen molar-refractivity contribution >= 4 is 11.9 Å². The minimum Gasteiger partial charge on any atom is -0.487 e. The van der Waals surface area contributed by atoms with E-state index in [0.29, 0.717) is 23.3 Å². The lowest BCUT2D eigenvalue weighted by molar-refractivity contribution is -0.137. The van der Waals surface area contributed by atoms with Gasteiger partial charge in [-0.2, -0.15) is 13.2 Å². The molecule has 5 aliphatic rings. The second-order valence-corrected chi connectivity index (χ2v) is 12.5. The summed E-state index contributed by atoms with van der Waals surface area (Å²) in [7, 11) is 1.74. The van der Waals surface area contributed by atoms with Crippen LogP contribution in [-0.4, -0.2) is 60.0 Å². The molecular weight excluding hydrogens is 545 g/mol. The fourth-order valence-corrected chi connectivity index (χ4v) is 8.21. The summed E-state index contributed by atoms with van der Waals surface area (Å²) >= 11 is 0. The number of benzene rings is 2. The number of halogens is 3. The van der Waals surface area contributed by atoms with Gasteiger partial charge in [0.1, 0.15) is 17.6 Å². The minimum absolute atomic E-state index is 0.221. The highest BCUT2D eigenvalue weighted by Crippen LogP contribution is 2.64. The van der Waals surface area contributed by atoms with E-state index in [9.17, 15) is 22.8 Å². The van der Waals surface area contributed by atoms with Crippen molar-refractivity contribution in [3.8, 4) is 23.3 Å². The number of esters is 1. The van der Waals surface area contributed by atoms with Gasteiger partial charge in [0.2, 0.25) is 0 Å². The van der Waals surface area contributed by atoms with Gasteiger partial charge in [-0.25, -0.2) is 0 Å². The van der Waals surface area contributed by atoms with Crippen LogP contribution in [0.3, 0.4) is 0 Å². The standard InChI is InChI=1S/C33H33F3N2O4/c1-19(39)41-27-12-13-28-30-23(27)17-26-24-10-11-25(31(42-28)32(24,30)15-16-38(26)18-21-3-4-21)37(2)29(40)14-7-20-5-8-22(9-6-20)33(34,35)36/h5-6,8-9,12-13,21,24-26,31H,3-4,10-11,15-18H2,1-2H3/t24-,25+,26+,31-,32-/m0/s1. The highest BCUT2D eigenvalue weighted by Gasteiger charge is 2.66. The van der Waals surface area contributed by atoms with E-state index in [2.05, 4.69) is 16.7 Å².